The summed E-state index contributed by atoms with van der Waals surface area (Å²) in [5.74, 6) is 0.327. The van der Waals surface area contributed by atoms with Crippen molar-refractivity contribution in [3.05, 3.63) is 29.3 Å². The molecule has 0 aliphatic rings. The molecule has 0 radical (unpaired) electrons. The molecule has 0 atom stereocenters. The molecule has 0 fully saturated rings. The van der Waals surface area contributed by atoms with Crippen molar-refractivity contribution < 1.29 is 18.6 Å². The molecule has 0 spiro atoms. The Labute approximate surface area is 81.1 Å². The van der Waals surface area contributed by atoms with Gasteiger partial charge in [-0.2, -0.15) is 0 Å². The number of aryl methyl sites for hydroxylation is 1. The molecule has 1 aromatic rings. The first-order chi connectivity index (χ1) is 6.63. The average molecular weight is 202 g/mol. The lowest BCUT2D eigenvalue weighted by atomic mass is 10.1. The van der Waals surface area contributed by atoms with Crippen molar-refractivity contribution in [3.63, 3.8) is 0 Å². The summed E-state index contributed by atoms with van der Waals surface area (Å²) >= 11 is 0. The number of aliphatic hydroxyl groups excluding tert-OH is 1. The standard InChI is InChI=1S/C10H12F2O2/c1-7-2-3-8(5-13)9(4-7)14-6-10(11)12/h2-4,10,13H,5-6H2,1H3. The summed E-state index contributed by atoms with van der Waals surface area (Å²) in [6, 6.07) is 5.09. The molecule has 0 bridgehead atoms. The van der Waals surface area contributed by atoms with Crippen molar-refractivity contribution in [1.82, 2.24) is 0 Å². The van der Waals surface area contributed by atoms with E-state index < -0.39 is 13.0 Å². The highest BCUT2D eigenvalue weighted by Gasteiger charge is 2.07. The first-order valence-electron chi connectivity index (χ1n) is 4.25. The highest BCUT2D eigenvalue weighted by molar-refractivity contribution is 5.36. The average Bonchev–Trinajstić information content (AvgIpc) is 2.15. The fourth-order valence-electron chi connectivity index (χ4n) is 1.08. The van der Waals surface area contributed by atoms with Crippen molar-refractivity contribution >= 4 is 0 Å². The molecule has 0 saturated carbocycles. The molecule has 0 aliphatic heterocycles. The SMILES string of the molecule is Cc1ccc(CO)c(OCC(F)F)c1. The van der Waals surface area contributed by atoms with Crippen LogP contribution in [-0.2, 0) is 6.61 Å². The molecule has 0 unspecified atom stereocenters. The van der Waals surface area contributed by atoms with Gasteiger partial charge in [0.05, 0.1) is 6.61 Å². The highest BCUT2D eigenvalue weighted by Crippen LogP contribution is 2.20. The smallest absolute Gasteiger partial charge is 0.272 e. The van der Waals surface area contributed by atoms with Gasteiger partial charge in [0, 0.05) is 5.56 Å². The van der Waals surface area contributed by atoms with E-state index in [1.807, 2.05) is 6.92 Å². The lowest BCUT2D eigenvalue weighted by molar-refractivity contribution is 0.0806. The Balaban J connectivity index is 2.77. The van der Waals surface area contributed by atoms with Gasteiger partial charge in [-0.3, -0.25) is 0 Å². The molecular formula is C10H12F2O2. The van der Waals surface area contributed by atoms with Crippen LogP contribution in [0.1, 0.15) is 11.1 Å². The van der Waals surface area contributed by atoms with Crippen LogP contribution in [0.3, 0.4) is 0 Å². The summed E-state index contributed by atoms with van der Waals surface area (Å²) in [6.07, 6.45) is -2.50. The van der Waals surface area contributed by atoms with E-state index in [2.05, 4.69) is 0 Å². The second-order valence-corrected chi connectivity index (χ2v) is 2.97. The minimum Gasteiger partial charge on any atom is -0.487 e. The minimum atomic E-state index is -2.50. The zero-order chi connectivity index (χ0) is 10.6. The number of halogens is 2. The number of hydrogen-bond donors (Lipinski definition) is 1. The number of alkyl halides is 2. The molecule has 4 heteroatoms. The number of ether oxygens (including phenoxy) is 1. The molecular weight excluding hydrogens is 190 g/mol. The van der Waals surface area contributed by atoms with E-state index in [1.54, 1.807) is 18.2 Å². The monoisotopic (exact) mass is 202 g/mol. The van der Waals surface area contributed by atoms with Gasteiger partial charge in [-0.15, -0.1) is 0 Å². The van der Waals surface area contributed by atoms with Crippen LogP contribution in [0.15, 0.2) is 18.2 Å². The predicted octanol–water partition coefficient (Wildman–Crippen LogP) is 2.13. The Bertz CT molecular complexity index is 300. The van der Waals surface area contributed by atoms with E-state index in [-0.39, 0.29) is 6.61 Å². The van der Waals surface area contributed by atoms with Crippen LogP contribution in [-0.4, -0.2) is 18.1 Å². The highest BCUT2D eigenvalue weighted by atomic mass is 19.3. The number of benzene rings is 1. The van der Waals surface area contributed by atoms with Crippen molar-refractivity contribution in [3.8, 4) is 5.75 Å². The molecule has 1 N–H and O–H groups in total. The maximum atomic E-state index is 11.9. The van der Waals surface area contributed by atoms with Gasteiger partial charge in [-0.1, -0.05) is 12.1 Å². The molecule has 0 aliphatic carbocycles. The van der Waals surface area contributed by atoms with E-state index in [0.29, 0.717) is 11.3 Å². The normalized spacial score (nSPS) is 10.6. The second kappa shape index (κ2) is 4.91. The van der Waals surface area contributed by atoms with Crippen LogP contribution in [0.4, 0.5) is 8.78 Å². The Kier molecular flexibility index (Phi) is 3.83. The third-order valence-corrected chi connectivity index (χ3v) is 1.76. The zero-order valence-electron chi connectivity index (χ0n) is 7.84. The van der Waals surface area contributed by atoms with Gasteiger partial charge >= 0.3 is 0 Å². The number of aliphatic hydroxyl groups is 1. The van der Waals surface area contributed by atoms with E-state index in [9.17, 15) is 8.78 Å². The third-order valence-electron chi connectivity index (χ3n) is 1.76. The minimum absolute atomic E-state index is 0.209. The molecule has 78 valence electrons. The van der Waals surface area contributed by atoms with E-state index >= 15 is 0 Å². The largest absolute Gasteiger partial charge is 0.487 e. The van der Waals surface area contributed by atoms with E-state index in [4.69, 9.17) is 9.84 Å². The maximum absolute atomic E-state index is 11.9. The van der Waals surface area contributed by atoms with Crippen LogP contribution < -0.4 is 4.74 Å². The fraction of sp³-hybridized carbons (Fsp3) is 0.400. The number of hydrogen-bond acceptors (Lipinski definition) is 2. The van der Waals surface area contributed by atoms with Gasteiger partial charge in [0.15, 0.2) is 0 Å². The molecule has 0 heterocycles. The molecule has 1 aromatic carbocycles. The summed E-state index contributed by atoms with van der Waals surface area (Å²) in [4.78, 5) is 0. The molecule has 0 saturated heterocycles. The first-order valence-corrected chi connectivity index (χ1v) is 4.25. The van der Waals surface area contributed by atoms with Crippen molar-refractivity contribution in [2.45, 2.75) is 20.0 Å². The lowest BCUT2D eigenvalue weighted by Crippen LogP contribution is -2.08. The molecule has 1 rings (SSSR count). The Morgan fingerprint density at radius 3 is 2.71 bits per heavy atom. The van der Waals surface area contributed by atoms with Gasteiger partial charge in [-0.25, -0.2) is 8.78 Å². The van der Waals surface area contributed by atoms with Crippen LogP contribution in [0, 0.1) is 6.92 Å². The van der Waals surface area contributed by atoms with Crippen LogP contribution in [0.2, 0.25) is 0 Å². The number of rotatable bonds is 4. The molecule has 14 heavy (non-hydrogen) atoms. The fourth-order valence-corrected chi connectivity index (χ4v) is 1.08. The van der Waals surface area contributed by atoms with Crippen LogP contribution in [0.5, 0.6) is 5.75 Å². The molecule has 0 aromatic heterocycles. The first kappa shape index (κ1) is 10.9. The van der Waals surface area contributed by atoms with Gasteiger partial charge in [-0.05, 0) is 18.6 Å². The van der Waals surface area contributed by atoms with Crippen molar-refractivity contribution in [1.29, 1.82) is 0 Å². The van der Waals surface area contributed by atoms with Gasteiger partial charge in [0.2, 0.25) is 0 Å². The summed E-state index contributed by atoms with van der Waals surface area (Å²) in [7, 11) is 0. The quantitative estimate of drug-likeness (QED) is 0.810. The lowest BCUT2D eigenvalue weighted by Gasteiger charge is -2.10. The molecule has 0 amide bonds. The van der Waals surface area contributed by atoms with Gasteiger partial charge < -0.3 is 9.84 Å². The van der Waals surface area contributed by atoms with Crippen LogP contribution >= 0.6 is 0 Å². The summed E-state index contributed by atoms with van der Waals surface area (Å²) in [5, 5.41) is 8.91. The summed E-state index contributed by atoms with van der Waals surface area (Å²) < 4.78 is 28.6. The third kappa shape index (κ3) is 2.96. The Morgan fingerprint density at radius 2 is 2.14 bits per heavy atom. The Hall–Kier alpha value is -1.16. The van der Waals surface area contributed by atoms with Crippen molar-refractivity contribution in [2.24, 2.45) is 0 Å². The van der Waals surface area contributed by atoms with Crippen LogP contribution in [0.25, 0.3) is 0 Å². The summed E-state index contributed by atoms with van der Waals surface area (Å²) in [5.41, 5.74) is 1.43. The zero-order valence-corrected chi connectivity index (χ0v) is 7.84. The van der Waals surface area contributed by atoms with E-state index in [1.165, 1.54) is 0 Å². The van der Waals surface area contributed by atoms with Crippen molar-refractivity contribution in [2.75, 3.05) is 6.61 Å². The Morgan fingerprint density at radius 1 is 1.43 bits per heavy atom. The van der Waals surface area contributed by atoms with E-state index in [0.717, 1.165) is 5.56 Å². The van der Waals surface area contributed by atoms with Gasteiger partial charge in [0.25, 0.3) is 6.43 Å². The topological polar surface area (TPSA) is 29.5 Å². The second-order valence-electron chi connectivity index (χ2n) is 2.97. The van der Waals surface area contributed by atoms with Gasteiger partial charge in [0.1, 0.15) is 12.4 Å². The summed E-state index contributed by atoms with van der Waals surface area (Å²) in [6.45, 7) is 0.978. The molecule has 2 nitrogen and oxygen atoms in total. The maximum Gasteiger partial charge on any atom is 0.272 e. The predicted molar refractivity (Wildman–Crippen MR) is 48.6 cm³/mol.